The van der Waals surface area contributed by atoms with E-state index in [0.29, 0.717) is 5.41 Å². The number of hydrogen-bond acceptors (Lipinski definition) is 3. The second-order valence-electron chi connectivity index (χ2n) is 8.65. The zero-order valence-electron chi connectivity index (χ0n) is 16.5. The number of ether oxygens (including phenoxy) is 1. The standard InChI is InChI=1S/C24H28N2O2/c1-28-20-7-6-18-14-19(23(27)25-22(18)15-20)16-26-12-10-24(11-13-26)9-8-17-4-2-3-5-21(17)24/h2-7,15,19H,8-14,16H2,1H3,(H,25,27). The summed E-state index contributed by atoms with van der Waals surface area (Å²) in [5.74, 6) is 0.966. The molecule has 5 rings (SSSR count). The molecule has 1 aliphatic carbocycles. The number of methoxy groups -OCH3 is 1. The highest BCUT2D eigenvalue weighted by molar-refractivity contribution is 5.96. The van der Waals surface area contributed by atoms with Gasteiger partial charge in [-0.1, -0.05) is 30.3 Å². The molecule has 1 unspecified atom stereocenters. The van der Waals surface area contributed by atoms with Crippen molar-refractivity contribution >= 4 is 11.6 Å². The van der Waals surface area contributed by atoms with Gasteiger partial charge < -0.3 is 15.0 Å². The molecule has 146 valence electrons. The Labute approximate surface area is 166 Å². The number of hydrogen-bond donors (Lipinski definition) is 1. The topological polar surface area (TPSA) is 41.6 Å². The van der Waals surface area contributed by atoms with Gasteiger partial charge >= 0.3 is 0 Å². The van der Waals surface area contributed by atoms with E-state index in [-0.39, 0.29) is 11.8 Å². The predicted molar refractivity (Wildman–Crippen MR) is 111 cm³/mol. The van der Waals surface area contributed by atoms with Crippen LogP contribution in [0.25, 0.3) is 0 Å². The molecule has 1 fully saturated rings. The number of fused-ring (bicyclic) bond motifs is 3. The van der Waals surface area contributed by atoms with Crippen LogP contribution in [-0.2, 0) is 23.1 Å². The average molecular weight is 377 g/mol. The molecule has 3 aliphatic rings. The van der Waals surface area contributed by atoms with Gasteiger partial charge in [-0.2, -0.15) is 0 Å². The molecule has 0 bridgehead atoms. The summed E-state index contributed by atoms with van der Waals surface area (Å²) in [4.78, 5) is 15.2. The number of rotatable bonds is 3. The van der Waals surface area contributed by atoms with Gasteiger partial charge in [-0.15, -0.1) is 0 Å². The highest BCUT2D eigenvalue weighted by Gasteiger charge is 2.41. The number of piperidine rings is 1. The molecule has 0 saturated carbocycles. The lowest BCUT2D eigenvalue weighted by Gasteiger charge is -2.41. The summed E-state index contributed by atoms with van der Waals surface area (Å²) in [5, 5.41) is 3.09. The van der Waals surface area contributed by atoms with Gasteiger partial charge in [-0.05, 0) is 73.4 Å². The van der Waals surface area contributed by atoms with E-state index in [4.69, 9.17) is 4.74 Å². The minimum Gasteiger partial charge on any atom is -0.497 e. The Morgan fingerprint density at radius 1 is 1.11 bits per heavy atom. The Bertz CT molecular complexity index is 899. The molecule has 0 aromatic heterocycles. The molecule has 1 amide bonds. The fraction of sp³-hybridized carbons (Fsp3) is 0.458. The van der Waals surface area contributed by atoms with E-state index in [9.17, 15) is 4.79 Å². The third kappa shape index (κ3) is 3.00. The van der Waals surface area contributed by atoms with Crippen LogP contribution in [0.1, 0.15) is 36.0 Å². The minimum atomic E-state index is 0.0332. The maximum absolute atomic E-state index is 12.7. The number of amides is 1. The molecule has 0 radical (unpaired) electrons. The quantitative estimate of drug-likeness (QED) is 0.886. The van der Waals surface area contributed by atoms with E-state index in [0.717, 1.165) is 37.5 Å². The van der Waals surface area contributed by atoms with Gasteiger partial charge in [0.15, 0.2) is 0 Å². The van der Waals surface area contributed by atoms with E-state index >= 15 is 0 Å². The van der Waals surface area contributed by atoms with Crippen LogP contribution < -0.4 is 10.1 Å². The Morgan fingerprint density at radius 3 is 2.75 bits per heavy atom. The lowest BCUT2D eigenvalue weighted by Crippen LogP contribution is -2.46. The van der Waals surface area contributed by atoms with Crippen molar-refractivity contribution in [3.05, 3.63) is 59.2 Å². The number of nitrogens with one attached hydrogen (secondary N) is 1. The Hall–Kier alpha value is -2.33. The minimum absolute atomic E-state index is 0.0332. The third-order valence-corrected chi connectivity index (χ3v) is 7.17. The van der Waals surface area contributed by atoms with Crippen molar-refractivity contribution in [3.63, 3.8) is 0 Å². The predicted octanol–water partition coefficient (Wildman–Crippen LogP) is 3.79. The van der Waals surface area contributed by atoms with Gasteiger partial charge in [0, 0.05) is 18.3 Å². The van der Waals surface area contributed by atoms with Gasteiger partial charge in [-0.3, -0.25) is 4.79 Å². The Balaban J connectivity index is 1.24. The Morgan fingerprint density at radius 2 is 1.93 bits per heavy atom. The summed E-state index contributed by atoms with van der Waals surface area (Å²) in [6, 6.07) is 15.0. The fourth-order valence-electron chi connectivity index (χ4n) is 5.48. The zero-order valence-corrected chi connectivity index (χ0v) is 16.5. The van der Waals surface area contributed by atoms with Crippen LogP contribution in [0.4, 0.5) is 5.69 Å². The molecule has 4 nitrogen and oxygen atoms in total. The highest BCUT2D eigenvalue weighted by atomic mass is 16.5. The van der Waals surface area contributed by atoms with Crippen molar-refractivity contribution in [1.82, 2.24) is 4.90 Å². The van der Waals surface area contributed by atoms with Crippen molar-refractivity contribution in [2.75, 3.05) is 32.1 Å². The van der Waals surface area contributed by atoms with Crippen LogP contribution in [0.2, 0.25) is 0 Å². The molecule has 2 aromatic rings. The normalized spacial score (nSPS) is 23.2. The fourth-order valence-corrected chi connectivity index (χ4v) is 5.48. The highest BCUT2D eigenvalue weighted by Crippen LogP contribution is 2.46. The van der Waals surface area contributed by atoms with Crippen LogP contribution in [0.5, 0.6) is 5.75 Å². The number of anilines is 1. The summed E-state index contributed by atoms with van der Waals surface area (Å²) in [6.45, 7) is 3.04. The molecular formula is C24H28N2O2. The van der Waals surface area contributed by atoms with Crippen LogP contribution in [0.3, 0.4) is 0 Å². The molecule has 1 spiro atoms. The third-order valence-electron chi connectivity index (χ3n) is 7.17. The van der Waals surface area contributed by atoms with Crippen molar-refractivity contribution in [3.8, 4) is 5.75 Å². The number of aryl methyl sites for hydroxylation is 1. The first-order chi connectivity index (χ1) is 13.7. The first-order valence-electron chi connectivity index (χ1n) is 10.5. The summed E-state index contributed by atoms with van der Waals surface area (Å²) in [6.07, 6.45) is 5.76. The zero-order chi connectivity index (χ0) is 19.1. The molecular weight excluding hydrogens is 348 g/mol. The van der Waals surface area contributed by atoms with E-state index in [2.05, 4.69) is 40.5 Å². The monoisotopic (exact) mass is 376 g/mol. The SMILES string of the molecule is COc1ccc2c(c1)NC(=O)C(CN1CCC3(CCc4ccccc43)CC1)C2. The van der Waals surface area contributed by atoms with Crippen molar-refractivity contribution in [2.24, 2.45) is 5.92 Å². The van der Waals surface area contributed by atoms with E-state index in [1.54, 1.807) is 18.2 Å². The van der Waals surface area contributed by atoms with Gasteiger partial charge in [0.25, 0.3) is 0 Å². The maximum atomic E-state index is 12.7. The van der Waals surface area contributed by atoms with E-state index < -0.39 is 0 Å². The molecule has 1 saturated heterocycles. The summed E-state index contributed by atoms with van der Waals surface area (Å²) < 4.78 is 5.28. The summed E-state index contributed by atoms with van der Waals surface area (Å²) >= 11 is 0. The van der Waals surface area contributed by atoms with Crippen LogP contribution in [-0.4, -0.2) is 37.6 Å². The first kappa shape index (κ1) is 17.7. The van der Waals surface area contributed by atoms with Crippen LogP contribution in [0.15, 0.2) is 42.5 Å². The van der Waals surface area contributed by atoms with Crippen LogP contribution >= 0.6 is 0 Å². The smallest absolute Gasteiger partial charge is 0.229 e. The van der Waals surface area contributed by atoms with Gasteiger partial charge in [0.1, 0.15) is 5.75 Å². The molecule has 4 heteroatoms. The lowest BCUT2D eigenvalue weighted by atomic mass is 9.73. The lowest BCUT2D eigenvalue weighted by molar-refractivity contribution is -0.121. The first-order valence-corrected chi connectivity index (χ1v) is 10.5. The largest absolute Gasteiger partial charge is 0.497 e. The summed E-state index contributed by atoms with van der Waals surface area (Å²) in [5.41, 5.74) is 5.64. The van der Waals surface area contributed by atoms with Crippen molar-refractivity contribution in [2.45, 2.75) is 37.5 Å². The van der Waals surface area contributed by atoms with E-state index in [1.807, 2.05) is 12.1 Å². The van der Waals surface area contributed by atoms with Gasteiger partial charge in [-0.25, -0.2) is 0 Å². The number of nitrogens with zero attached hydrogens (tertiary/aromatic N) is 1. The maximum Gasteiger partial charge on any atom is 0.229 e. The molecule has 1 N–H and O–H groups in total. The van der Waals surface area contributed by atoms with Crippen molar-refractivity contribution < 1.29 is 9.53 Å². The molecule has 28 heavy (non-hydrogen) atoms. The van der Waals surface area contributed by atoms with Gasteiger partial charge in [0.05, 0.1) is 13.0 Å². The molecule has 2 heterocycles. The van der Waals surface area contributed by atoms with E-state index in [1.165, 1.54) is 31.2 Å². The number of carbonyl (C=O) groups is 1. The number of carbonyl (C=O) groups excluding carboxylic acids is 1. The second-order valence-corrected chi connectivity index (χ2v) is 8.65. The summed E-state index contributed by atoms with van der Waals surface area (Å²) in [7, 11) is 1.65. The number of likely N-dealkylation sites (tertiary alicyclic amines) is 1. The van der Waals surface area contributed by atoms with Crippen molar-refractivity contribution in [1.29, 1.82) is 0 Å². The average Bonchev–Trinajstić information content (AvgIpc) is 3.08. The second kappa shape index (κ2) is 6.93. The number of benzene rings is 2. The molecule has 1 atom stereocenters. The van der Waals surface area contributed by atoms with Gasteiger partial charge in [0.2, 0.25) is 5.91 Å². The Kier molecular flexibility index (Phi) is 4.39. The molecule has 2 aliphatic heterocycles. The van der Waals surface area contributed by atoms with Crippen LogP contribution in [0, 0.1) is 5.92 Å². The molecule has 2 aromatic carbocycles.